The zero-order valence-electron chi connectivity index (χ0n) is 39.1. The second kappa shape index (κ2) is 49.0. The van der Waals surface area contributed by atoms with Crippen LogP contribution < -0.4 is 0 Å². The van der Waals surface area contributed by atoms with Crippen molar-refractivity contribution in [3.05, 3.63) is 146 Å². The van der Waals surface area contributed by atoms with Crippen molar-refractivity contribution in [3.8, 4) is 0 Å². The van der Waals surface area contributed by atoms with Gasteiger partial charge in [0.15, 0.2) is 6.10 Å². The molecule has 0 aliphatic heterocycles. The van der Waals surface area contributed by atoms with Crippen LogP contribution in [0.2, 0.25) is 0 Å². The molecule has 0 fully saturated rings. The van der Waals surface area contributed by atoms with Crippen molar-refractivity contribution in [2.45, 2.75) is 175 Å². The van der Waals surface area contributed by atoms with E-state index in [0.29, 0.717) is 25.7 Å². The van der Waals surface area contributed by atoms with E-state index in [0.717, 1.165) is 77.0 Å². The van der Waals surface area contributed by atoms with E-state index in [1.165, 1.54) is 32.1 Å². The molecule has 0 N–H and O–H groups in total. The predicted molar refractivity (Wildman–Crippen MR) is 265 cm³/mol. The van der Waals surface area contributed by atoms with Crippen LogP contribution in [0.4, 0.5) is 0 Å². The molecule has 6 nitrogen and oxygen atoms in total. The van der Waals surface area contributed by atoms with Crippen LogP contribution in [0.5, 0.6) is 0 Å². The van der Waals surface area contributed by atoms with Crippen molar-refractivity contribution >= 4 is 17.9 Å². The fourth-order valence-electron chi connectivity index (χ4n) is 5.67. The minimum absolute atomic E-state index is 0.141. The molecule has 0 rings (SSSR count). The molecule has 0 saturated heterocycles. The lowest BCUT2D eigenvalue weighted by Gasteiger charge is -2.18. The molecule has 0 aromatic carbocycles. The molecule has 0 heterocycles. The largest absolute Gasteiger partial charge is 0.462 e. The average molecular weight is 853 g/mol. The van der Waals surface area contributed by atoms with Crippen LogP contribution in [-0.4, -0.2) is 37.2 Å². The third-order valence-electron chi connectivity index (χ3n) is 9.20. The van der Waals surface area contributed by atoms with Gasteiger partial charge in [-0.1, -0.05) is 199 Å². The normalized spacial score (nSPS) is 13.4. The monoisotopic (exact) mass is 853 g/mol. The summed E-state index contributed by atoms with van der Waals surface area (Å²) >= 11 is 0. The van der Waals surface area contributed by atoms with E-state index in [1.807, 2.05) is 66.8 Å². The molecule has 1 atom stereocenters. The number of ether oxygens (including phenoxy) is 3. The van der Waals surface area contributed by atoms with Crippen molar-refractivity contribution in [1.82, 2.24) is 0 Å². The van der Waals surface area contributed by atoms with E-state index < -0.39 is 12.1 Å². The Morgan fingerprint density at radius 1 is 0.355 bits per heavy atom. The van der Waals surface area contributed by atoms with Crippen molar-refractivity contribution in [1.29, 1.82) is 0 Å². The first-order chi connectivity index (χ1) is 30.5. The summed E-state index contributed by atoms with van der Waals surface area (Å²) in [6.07, 6.45) is 69.9. The fourth-order valence-corrected chi connectivity index (χ4v) is 5.67. The number of carbonyl (C=O) groups excluding carboxylic acids is 3. The Balaban J connectivity index is 4.64. The molecule has 0 bridgehead atoms. The molecule has 0 saturated carbocycles. The third-order valence-corrected chi connectivity index (χ3v) is 9.20. The van der Waals surface area contributed by atoms with E-state index in [4.69, 9.17) is 14.2 Å². The van der Waals surface area contributed by atoms with Gasteiger partial charge in [0.25, 0.3) is 0 Å². The maximum Gasteiger partial charge on any atom is 0.306 e. The van der Waals surface area contributed by atoms with E-state index in [2.05, 4.69) is 99.8 Å². The average Bonchev–Trinajstić information content (AvgIpc) is 3.27. The molecule has 62 heavy (non-hydrogen) atoms. The maximum absolute atomic E-state index is 12.7. The Kier molecular flexibility index (Phi) is 45.2. The molecular weight excluding hydrogens is 769 g/mol. The van der Waals surface area contributed by atoms with E-state index in [-0.39, 0.29) is 38.0 Å². The molecule has 0 aliphatic rings. The van der Waals surface area contributed by atoms with Gasteiger partial charge in [-0.2, -0.15) is 0 Å². The lowest BCUT2D eigenvalue weighted by molar-refractivity contribution is -0.166. The summed E-state index contributed by atoms with van der Waals surface area (Å²) in [7, 11) is 0. The summed E-state index contributed by atoms with van der Waals surface area (Å²) in [5.74, 6) is -1.13. The Hall–Kier alpha value is -4.71. The van der Waals surface area contributed by atoms with Crippen LogP contribution in [0.3, 0.4) is 0 Å². The molecule has 1 unspecified atom stereocenters. The molecular formula is C56H84O6. The standard InChI is InChI=1S/C56H84O6/c1-4-7-10-13-16-19-22-25-26-27-28-29-30-32-34-37-40-43-46-49-55(58)61-52-53(51-60-54(57)48-45-42-39-36-33-24-21-18-15-12-9-6-3)62-56(59)50-47-44-41-38-35-31-23-20-17-14-11-8-5-2/h7-8,10-11,14,16-21,23,25-26,28-29,31-32,34-35,38,40-41,43,53H,4-6,9,12-13,15,22,24,27,30,33,36-37,39,42,44-52H2,1-3H3/b10-7-,11-8-,17-14-,19-16-,21-18-,23-20-,26-25-,29-28-,34-32-,35-31-,41-38-,43-40-. The van der Waals surface area contributed by atoms with Crippen LogP contribution in [0, 0.1) is 0 Å². The summed E-state index contributed by atoms with van der Waals surface area (Å²) in [5.41, 5.74) is 0. The maximum atomic E-state index is 12.7. The topological polar surface area (TPSA) is 78.9 Å². The van der Waals surface area contributed by atoms with E-state index in [1.54, 1.807) is 0 Å². The zero-order valence-corrected chi connectivity index (χ0v) is 39.1. The van der Waals surface area contributed by atoms with Gasteiger partial charge >= 0.3 is 17.9 Å². The van der Waals surface area contributed by atoms with E-state index in [9.17, 15) is 14.4 Å². The van der Waals surface area contributed by atoms with Gasteiger partial charge in [0, 0.05) is 19.3 Å². The van der Waals surface area contributed by atoms with Crippen molar-refractivity contribution in [3.63, 3.8) is 0 Å². The summed E-state index contributed by atoms with van der Waals surface area (Å²) in [5, 5.41) is 0. The number of hydrogen-bond donors (Lipinski definition) is 0. The van der Waals surface area contributed by atoms with Crippen LogP contribution in [-0.2, 0) is 28.6 Å². The van der Waals surface area contributed by atoms with Gasteiger partial charge < -0.3 is 14.2 Å². The number of hydrogen-bond acceptors (Lipinski definition) is 6. The SMILES string of the molecule is CC\C=C/C=C\C=C/C=C\C=C/CCCC(=O)OC(COC(=O)CC/C=C\C/C=C\C/C=C\C/C=C\C/C=C\C/C=C\CC)COC(=O)CCCCCCC/C=C\CCCCC. The van der Waals surface area contributed by atoms with Crippen LogP contribution in [0.25, 0.3) is 0 Å². The van der Waals surface area contributed by atoms with Gasteiger partial charge in [-0.05, 0) is 96.3 Å². The van der Waals surface area contributed by atoms with Gasteiger partial charge in [-0.3, -0.25) is 14.4 Å². The lowest BCUT2D eigenvalue weighted by Crippen LogP contribution is -2.30. The highest BCUT2D eigenvalue weighted by molar-refractivity contribution is 5.71. The van der Waals surface area contributed by atoms with Crippen LogP contribution >= 0.6 is 0 Å². The molecule has 0 aromatic rings. The number of rotatable bonds is 40. The number of carbonyl (C=O) groups is 3. The number of unbranched alkanes of at least 4 members (excludes halogenated alkanes) is 9. The Morgan fingerprint density at radius 3 is 1.31 bits per heavy atom. The van der Waals surface area contributed by atoms with Gasteiger partial charge in [0.05, 0.1) is 0 Å². The summed E-state index contributed by atoms with van der Waals surface area (Å²) in [6, 6.07) is 0. The third kappa shape index (κ3) is 46.4. The first-order valence-electron chi connectivity index (χ1n) is 23.9. The molecule has 0 spiro atoms. The lowest BCUT2D eigenvalue weighted by atomic mass is 10.1. The molecule has 0 radical (unpaired) electrons. The molecule has 6 heteroatoms. The Labute approximate surface area is 378 Å². The fraction of sp³-hybridized carbons (Fsp3) is 0.518. The van der Waals surface area contributed by atoms with Crippen molar-refractivity contribution < 1.29 is 28.6 Å². The summed E-state index contributed by atoms with van der Waals surface area (Å²) in [4.78, 5) is 37.8. The second-order valence-corrected chi connectivity index (χ2v) is 15.0. The molecule has 0 amide bonds. The van der Waals surface area contributed by atoms with Crippen molar-refractivity contribution in [2.75, 3.05) is 13.2 Å². The van der Waals surface area contributed by atoms with E-state index >= 15 is 0 Å². The number of esters is 3. The zero-order chi connectivity index (χ0) is 45.1. The highest BCUT2D eigenvalue weighted by atomic mass is 16.6. The summed E-state index contributed by atoms with van der Waals surface area (Å²) < 4.78 is 16.6. The minimum atomic E-state index is -0.854. The second-order valence-electron chi connectivity index (χ2n) is 15.0. The van der Waals surface area contributed by atoms with Gasteiger partial charge in [0.1, 0.15) is 13.2 Å². The highest BCUT2D eigenvalue weighted by Gasteiger charge is 2.19. The molecule has 0 aromatic heterocycles. The minimum Gasteiger partial charge on any atom is -0.462 e. The first kappa shape index (κ1) is 57.3. The van der Waals surface area contributed by atoms with Crippen molar-refractivity contribution in [2.24, 2.45) is 0 Å². The summed E-state index contributed by atoms with van der Waals surface area (Å²) in [6.45, 7) is 6.18. The van der Waals surface area contributed by atoms with Gasteiger partial charge in [-0.25, -0.2) is 0 Å². The van der Waals surface area contributed by atoms with Gasteiger partial charge in [0.2, 0.25) is 0 Å². The smallest absolute Gasteiger partial charge is 0.306 e. The highest BCUT2D eigenvalue weighted by Crippen LogP contribution is 2.11. The number of allylic oxidation sites excluding steroid dienone is 24. The van der Waals surface area contributed by atoms with Gasteiger partial charge in [-0.15, -0.1) is 0 Å². The molecule has 0 aliphatic carbocycles. The van der Waals surface area contributed by atoms with Crippen LogP contribution in [0.15, 0.2) is 146 Å². The Morgan fingerprint density at radius 2 is 0.758 bits per heavy atom. The first-order valence-corrected chi connectivity index (χ1v) is 23.9. The van der Waals surface area contributed by atoms with Crippen LogP contribution in [0.1, 0.15) is 168 Å². The molecule has 344 valence electrons. The quantitative estimate of drug-likeness (QED) is 0.0201. The Bertz CT molecular complexity index is 1440. The predicted octanol–water partition coefficient (Wildman–Crippen LogP) is 15.7.